The molecule has 0 aromatic carbocycles. The highest BCUT2D eigenvalue weighted by molar-refractivity contribution is 7.14. The number of terminal acetylenes is 1. The van der Waals surface area contributed by atoms with E-state index < -0.39 is 0 Å². The maximum Gasteiger partial charge on any atom is 0.0931 e. The van der Waals surface area contributed by atoms with Crippen molar-refractivity contribution in [2.75, 3.05) is 0 Å². The lowest BCUT2D eigenvalue weighted by Crippen LogP contribution is -2.39. The molecule has 1 atom stereocenters. The average molecular weight is 228 g/mol. The van der Waals surface area contributed by atoms with E-state index in [1.54, 1.807) is 11.3 Å². The Morgan fingerprint density at radius 3 is 2.71 bits per heavy atom. The zero-order valence-electron chi connectivity index (χ0n) is 8.60. The van der Waals surface area contributed by atoms with Crippen LogP contribution in [-0.2, 0) is 0 Å². The summed E-state index contributed by atoms with van der Waals surface area (Å²) in [6.45, 7) is 6.05. The van der Waals surface area contributed by atoms with Gasteiger partial charge < -0.3 is 0 Å². The highest BCUT2D eigenvalue weighted by Crippen LogP contribution is 2.25. The summed E-state index contributed by atoms with van der Waals surface area (Å²) < 4.78 is 0.812. The molecular formula is C11H14ClNS. The molecule has 0 radical (unpaired) electrons. The molecule has 0 aliphatic heterocycles. The van der Waals surface area contributed by atoms with Crippen LogP contribution in [-0.4, -0.2) is 5.54 Å². The van der Waals surface area contributed by atoms with Crippen molar-refractivity contribution in [3.8, 4) is 12.3 Å². The van der Waals surface area contributed by atoms with Gasteiger partial charge in [0.25, 0.3) is 0 Å². The number of hydrogen-bond acceptors (Lipinski definition) is 2. The molecular weight excluding hydrogens is 214 g/mol. The highest BCUT2D eigenvalue weighted by Gasteiger charge is 2.18. The molecule has 1 aromatic rings. The summed E-state index contributed by atoms with van der Waals surface area (Å²) in [6.07, 6.45) is 5.40. The molecule has 1 N–H and O–H groups in total. The van der Waals surface area contributed by atoms with Crippen molar-refractivity contribution in [2.24, 2.45) is 0 Å². The fraction of sp³-hybridized carbons (Fsp3) is 0.455. The second kappa shape index (κ2) is 4.35. The Balaban J connectivity index is 2.69. The van der Waals surface area contributed by atoms with E-state index in [2.05, 4.69) is 18.2 Å². The lowest BCUT2D eigenvalue weighted by molar-refractivity contribution is 0.432. The second-order valence-corrected chi connectivity index (χ2v) is 5.36. The van der Waals surface area contributed by atoms with Gasteiger partial charge in [0.15, 0.2) is 0 Å². The zero-order valence-corrected chi connectivity index (χ0v) is 10.2. The van der Waals surface area contributed by atoms with Gasteiger partial charge in [-0.05, 0) is 37.8 Å². The largest absolute Gasteiger partial charge is 0.295 e. The van der Waals surface area contributed by atoms with Crippen molar-refractivity contribution in [1.29, 1.82) is 0 Å². The van der Waals surface area contributed by atoms with Crippen LogP contribution in [0.25, 0.3) is 0 Å². The average Bonchev–Trinajstić information content (AvgIpc) is 2.51. The van der Waals surface area contributed by atoms with Crippen LogP contribution in [0.4, 0.5) is 0 Å². The van der Waals surface area contributed by atoms with E-state index in [1.807, 2.05) is 25.3 Å². The molecule has 0 saturated heterocycles. The first-order chi connectivity index (χ1) is 6.44. The zero-order chi connectivity index (χ0) is 10.8. The van der Waals surface area contributed by atoms with Gasteiger partial charge in [0, 0.05) is 6.04 Å². The minimum Gasteiger partial charge on any atom is -0.295 e. The summed E-state index contributed by atoms with van der Waals surface area (Å²) in [5.41, 5.74) is 0.900. The van der Waals surface area contributed by atoms with E-state index in [1.165, 1.54) is 5.56 Å². The lowest BCUT2D eigenvalue weighted by Gasteiger charge is -2.24. The van der Waals surface area contributed by atoms with E-state index in [0.717, 1.165) is 4.34 Å². The van der Waals surface area contributed by atoms with Gasteiger partial charge >= 0.3 is 0 Å². The Morgan fingerprint density at radius 2 is 2.29 bits per heavy atom. The van der Waals surface area contributed by atoms with Gasteiger partial charge in [-0.15, -0.1) is 17.8 Å². The lowest BCUT2D eigenvalue weighted by atomic mass is 10.0. The number of hydrogen-bond donors (Lipinski definition) is 1. The summed E-state index contributed by atoms with van der Waals surface area (Å²) in [6, 6.07) is 2.20. The fourth-order valence-corrected chi connectivity index (χ4v) is 2.20. The van der Waals surface area contributed by atoms with Crippen molar-refractivity contribution >= 4 is 22.9 Å². The van der Waals surface area contributed by atoms with E-state index in [0.29, 0.717) is 0 Å². The van der Waals surface area contributed by atoms with Crippen LogP contribution in [0.2, 0.25) is 4.34 Å². The Labute approximate surface area is 94.5 Å². The third kappa shape index (κ3) is 3.02. The van der Waals surface area contributed by atoms with Crippen LogP contribution < -0.4 is 5.32 Å². The first kappa shape index (κ1) is 11.6. The molecule has 1 heterocycles. The smallest absolute Gasteiger partial charge is 0.0931 e. The molecule has 14 heavy (non-hydrogen) atoms. The summed E-state index contributed by atoms with van der Waals surface area (Å²) in [5.74, 6) is 2.71. The Hall–Kier alpha value is -0.490. The van der Waals surface area contributed by atoms with E-state index in [9.17, 15) is 0 Å². The van der Waals surface area contributed by atoms with Gasteiger partial charge in [-0.2, -0.15) is 0 Å². The number of halogens is 1. The van der Waals surface area contributed by atoms with E-state index >= 15 is 0 Å². The van der Waals surface area contributed by atoms with Gasteiger partial charge in [0.05, 0.1) is 9.88 Å². The summed E-state index contributed by atoms with van der Waals surface area (Å²) >= 11 is 7.40. The summed E-state index contributed by atoms with van der Waals surface area (Å²) in [5, 5.41) is 5.40. The highest BCUT2D eigenvalue weighted by atomic mass is 35.5. The molecule has 76 valence electrons. The molecule has 0 aliphatic rings. The molecule has 0 spiro atoms. The SMILES string of the molecule is C#CC(C)(C)NC(C)c1csc(Cl)c1. The van der Waals surface area contributed by atoms with Crippen LogP contribution in [0.15, 0.2) is 11.4 Å². The fourth-order valence-electron chi connectivity index (χ4n) is 1.22. The Bertz CT molecular complexity index is 348. The normalized spacial score (nSPS) is 13.6. The number of thiophene rings is 1. The molecule has 0 saturated carbocycles. The molecule has 0 amide bonds. The van der Waals surface area contributed by atoms with Gasteiger partial charge in [-0.3, -0.25) is 5.32 Å². The molecule has 1 nitrogen and oxygen atoms in total. The van der Waals surface area contributed by atoms with Crippen molar-refractivity contribution in [3.63, 3.8) is 0 Å². The number of nitrogens with one attached hydrogen (secondary N) is 1. The second-order valence-electron chi connectivity index (χ2n) is 3.82. The van der Waals surface area contributed by atoms with Gasteiger partial charge in [-0.25, -0.2) is 0 Å². The standard InChI is InChI=1S/C11H14ClNS/c1-5-11(3,4)13-8(2)9-6-10(12)14-7-9/h1,6-8,13H,2-4H3. The maximum absolute atomic E-state index is 5.86. The molecule has 1 aromatic heterocycles. The first-order valence-electron chi connectivity index (χ1n) is 4.44. The Kier molecular flexibility index (Phi) is 3.60. The van der Waals surface area contributed by atoms with Crippen molar-refractivity contribution in [2.45, 2.75) is 32.4 Å². The van der Waals surface area contributed by atoms with Crippen LogP contribution in [0, 0.1) is 12.3 Å². The first-order valence-corrected chi connectivity index (χ1v) is 5.70. The van der Waals surface area contributed by atoms with Crippen LogP contribution in [0.5, 0.6) is 0 Å². The van der Waals surface area contributed by atoms with Gasteiger partial charge in [0.2, 0.25) is 0 Å². The van der Waals surface area contributed by atoms with Crippen LogP contribution >= 0.6 is 22.9 Å². The van der Waals surface area contributed by atoms with Crippen molar-refractivity contribution in [3.05, 3.63) is 21.3 Å². The summed E-state index contributed by atoms with van der Waals surface area (Å²) in [4.78, 5) is 0. The van der Waals surface area contributed by atoms with Gasteiger partial charge in [-0.1, -0.05) is 17.5 Å². The minimum absolute atomic E-state index is 0.227. The molecule has 0 fully saturated rings. The quantitative estimate of drug-likeness (QED) is 0.780. The van der Waals surface area contributed by atoms with E-state index in [-0.39, 0.29) is 11.6 Å². The van der Waals surface area contributed by atoms with Crippen molar-refractivity contribution < 1.29 is 0 Å². The molecule has 3 heteroatoms. The van der Waals surface area contributed by atoms with E-state index in [4.69, 9.17) is 18.0 Å². The summed E-state index contributed by atoms with van der Waals surface area (Å²) in [7, 11) is 0. The van der Waals surface area contributed by atoms with Crippen LogP contribution in [0.1, 0.15) is 32.4 Å². The molecule has 1 rings (SSSR count). The molecule has 0 bridgehead atoms. The monoisotopic (exact) mass is 227 g/mol. The topological polar surface area (TPSA) is 12.0 Å². The van der Waals surface area contributed by atoms with Crippen molar-refractivity contribution in [1.82, 2.24) is 5.32 Å². The predicted molar refractivity (Wildman–Crippen MR) is 63.8 cm³/mol. The van der Waals surface area contributed by atoms with Gasteiger partial charge in [0.1, 0.15) is 0 Å². The predicted octanol–water partition coefficient (Wildman–Crippen LogP) is 3.46. The third-order valence-corrected chi connectivity index (χ3v) is 3.14. The minimum atomic E-state index is -0.284. The van der Waals surface area contributed by atoms with Crippen LogP contribution in [0.3, 0.4) is 0 Å². The maximum atomic E-state index is 5.86. The molecule has 0 aliphatic carbocycles. The number of rotatable bonds is 3. The third-order valence-electron chi connectivity index (χ3n) is 2.03. The molecule has 1 unspecified atom stereocenters. The Morgan fingerprint density at radius 1 is 1.64 bits per heavy atom.